The zero-order valence-corrected chi connectivity index (χ0v) is 12.1. The summed E-state index contributed by atoms with van der Waals surface area (Å²) in [5.41, 5.74) is 7.06. The first-order valence-corrected chi connectivity index (χ1v) is 6.46. The molecule has 0 aliphatic rings. The Labute approximate surface area is 114 Å². The van der Waals surface area contributed by atoms with Gasteiger partial charge in [0.2, 0.25) is 0 Å². The fraction of sp³-hybridized carbons (Fsp3) is 0.533. The minimum absolute atomic E-state index is 0.0174. The van der Waals surface area contributed by atoms with Gasteiger partial charge in [0, 0.05) is 0 Å². The van der Waals surface area contributed by atoms with Gasteiger partial charge in [-0.15, -0.1) is 0 Å². The average Bonchev–Trinajstić information content (AvgIpc) is 2.43. The Morgan fingerprint density at radius 2 is 1.89 bits per heavy atom. The molecule has 0 aromatic heterocycles. The van der Waals surface area contributed by atoms with E-state index in [9.17, 15) is 4.79 Å². The molecule has 0 bridgehead atoms. The van der Waals surface area contributed by atoms with Crippen LogP contribution < -0.4 is 10.5 Å². The molecule has 0 spiro atoms. The van der Waals surface area contributed by atoms with E-state index >= 15 is 0 Å². The smallest absolute Gasteiger partial charge is 0.322 e. The highest BCUT2D eigenvalue weighted by atomic mass is 16.5. The number of esters is 1. The van der Waals surface area contributed by atoms with Crippen LogP contribution in [-0.4, -0.2) is 26.2 Å². The summed E-state index contributed by atoms with van der Waals surface area (Å²) in [6.45, 7) is 4.12. The lowest BCUT2D eigenvalue weighted by molar-refractivity contribution is -0.144. The Bertz CT molecular complexity index is 418. The van der Waals surface area contributed by atoms with E-state index in [1.54, 1.807) is 7.11 Å². The molecule has 1 rings (SSSR count). The first-order valence-electron chi connectivity index (χ1n) is 6.46. The van der Waals surface area contributed by atoms with Crippen molar-refractivity contribution in [3.05, 3.63) is 29.8 Å². The van der Waals surface area contributed by atoms with Gasteiger partial charge in [-0.3, -0.25) is 4.79 Å². The number of benzene rings is 1. The highest BCUT2D eigenvalue weighted by Gasteiger charge is 2.28. The molecule has 0 amide bonds. The van der Waals surface area contributed by atoms with Crippen molar-refractivity contribution in [1.29, 1.82) is 0 Å². The number of carbonyl (C=O) groups is 1. The zero-order valence-electron chi connectivity index (χ0n) is 12.1. The number of ether oxygens (including phenoxy) is 2. The molecule has 1 aromatic carbocycles. The standard InChI is InChI=1S/C15H23NO3/c1-10(2)12(14(16)15(17)19-4)9-11-7-5-6-8-13(11)18-3/h5-8,10,12,14H,9,16H2,1-4H3. The maximum absolute atomic E-state index is 11.6. The Balaban J connectivity index is 2.93. The van der Waals surface area contributed by atoms with E-state index in [-0.39, 0.29) is 17.8 Å². The maximum Gasteiger partial charge on any atom is 0.322 e. The predicted molar refractivity (Wildman–Crippen MR) is 75.0 cm³/mol. The van der Waals surface area contributed by atoms with Crippen molar-refractivity contribution in [3.8, 4) is 5.75 Å². The summed E-state index contributed by atoms with van der Waals surface area (Å²) in [7, 11) is 3.01. The molecule has 2 atom stereocenters. The second-order valence-corrected chi connectivity index (χ2v) is 4.97. The van der Waals surface area contributed by atoms with Crippen molar-refractivity contribution in [2.75, 3.05) is 14.2 Å². The Morgan fingerprint density at radius 3 is 2.42 bits per heavy atom. The zero-order chi connectivity index (χ0) is 14.4. The summed E-state index contributed by atoms with van der Waals surface area (Å²) >= 11 is 0. The molecule has 19 heavy (non-hydrogen) atoms. The number of methoxy groups -OCH3 is 2. The van der Waals surface area contributed by atoms with E-state index in [1.807, 2.05) is 24.3 Å². The molecule has 0 heterocycles. The van der Waals surface area contributed by atoms with Gasteiger partial charge in [-0.1, -0.05) is 32.0 Å². The van der Waals surface area contributed by atoms with Gasteiger partial charge in [0.1, 0.15) is 11.8 Å². The molecule has 0 saturated carbocycles. The predicted octanol–water partition coefficient (Wildman–Crippen LogP) is 2.01. The van der Waals surface area contributed by atoms with Crippen LogP contribution in [0.1, 0.15) is 19.4 Å². The topological polar surface area (TPSA) is 61.5 Å². The maximum atomic E-state index is 11.6. The molecule has 2 N–H and O–H groups in total. The van der Waals surface area contributed by atoms with Crippen LogP contribution in [0.15, 0.2) is 24.3 Å². The summed E-state index contributed by atoms with van der Waals surface area (Å²) in [6.07, 6.45) is 0.692. The van der Waals surface area contributed by atoms with Crippen LogP contribution in [0.4, 0.5) is 0 Å². The van der Waals surface area contributed by atoms with Crippen LogP contribution in [0.5, 0.6) is 5.75 Å². The summed E-state index contributed by atoms with van der Waals surface area (Å²) < 4.78 is 10.1. The van der Waals surface area contributed by atoms with Crippen molar-refractivity contribution in [2.45, 2.75) is 26.3 Å². The molecule has 4 heteroatoms. The number of para-hydroxylation sites is 1. The molecule has 0 saturated heterocycles. The van der Waals surface area contributed by atoms with Crippen LogP contribution >= 0.6 is 0 Å². The molecule has 1 aromatic rings. The van der Waals surface area contributed by atoms with E-state index < -0.39 is 6.04 Å². The van der Waals surface area contributed by atoms with Crippen molar-refractivity contribution >= 4 is 5.97 Å². The lowest BCUT2D eigenvalue weighted by Crippen LogP contribution is -2.42. The fourth-order valence-electron chi connectivity index (χ4n) is 2.21. The minimum atomic E-state index is -0.616. The quantitative estimate of drug-likeness (QED) is 0.799. The van der Waals surface area contributed by atoms with Gasteiger partial charge in [-0.25, -0.2) is 0 Å². The first kappa shape index (κ1) is 15.5. The van der Waals surface area contributed by atoms with Gasteiger partial charge in [0.15, 0.2) is 0 Å². The molecule has 106 valence electrons. The highest BCUT2D eigenvalue weighted by Crippen LogP contribution is 2.26. The van der Waals surface area contributed by atoms with E-state index in [1.165, 1.54) is 7.11 Å². The lowest BCUT2D eigenvalue weighted by atomic mass is 9.83. The summed E-state index contributed by atoms with van der Waals surface area (Å²) in [4.78, 5) is 11.6. The highest BCUT2D eigenvalue weighted by molar-refractivity contribution is 5.75. The number of hydrogen-bond donors (Lipinski definition) is 1. The van der Waals surface area contributed by atoms with Crippen LogP contribution in [0.3, 0.4) is 0 Å². The van der Waals surface area contributed by atoms with Gasteiger partial charge in [0.05, 0.1) is 14.2 Å². The first-order chi connectivity index (χ1) is 9.01. The van der Waals surface area contributed by atoms with Gasteiger partial charge < -0.3 is 15.2 Å². The molecule has 4 nitrogen and oxygen atoms in total. The van der Waals surface area contributed by atoms with Crippen molar-refractivity contribution < 1.29 is 14.3 Å². The third-order valence-corrected chi connectivity index (χ3v) is 3.44. The van der Waals surface area contributed by atoms with E-state index in [0.717, 1.165) is 11.3 Å². The molecule has 0 aliphatic carbocycles. The molecule has 0 aliphatic heterocycles. The second kappa shape index (κ2) is 7.14. The van der Waals surface area contributed by atoms with E-state index in [0.29, 0.717) is 6.42 Å². The van der Waals surface area contributed by atoms with Crippen LogP contribution in [-0.2, 0) is 16.0 Å². The summed E-state index contributed by atoms with van der Waals surface area (Å²) in [5.74, 6) is 0.751. The number of nitrogens with two attached hydrogens (primary N) is 1. The van der Waals surface area contributed by atoms with Crippen LogP contribution in [0.2, 0.25) is 0 Å². The largest absolute Gasteiger partial charge is 0.496 e. The average molecular weight is 265 g/mol. The number of carbonyl (C=O) groups excluding carboxylic acids is 1. The summed E-state index contributed by atoms with van der Waals surface area (Å²) in [5, 5.41) is 0. The molecule has 0 fully saturated rings. The fourth-order valence-corrected chi connectivity index (χ4v) is 2.21. The lowest BCUT2D eigenvalue weighted by Gasteiger charge is -2.26. The normalized spacial score (nSPS) is 14.0. The number of rotatable bonds is 6. The second-order valence-electron chi connectivity index (χ2n) is 4.97. The molecular formula is C15H23NO3. The third-order valence-electron chi connectivity index (χ3n) is 3.44. The van der Waals surface area contributed by atoms with E-state index in [4.69, 9.17) is 15.2 Å². The monoisotopic (exact) mass is 265 g/mol. The molecule has 2 unspecified atom stereocenters. The van der Waals surface area contributed by atoms with Crippen molar-refractivity contribution in [1.82, 2.24) is 0 Å². The van der Waals surface area contributed by atoms with Crippen LogP contribution in [0, 0.1) is 11.8 Å². The Morgan fingerprint density at radius 1 is 1.26 bits per heavy atom. The SMILES string of the molecule is COC(=O)C(N)C(Cc1ccccc1OC)C(C)C. The van der Waals surface area contributed by atoms with Gasteiger partial charge in [-0.2, -0.15) is 0 Å². The molecule has 0 radical (unpaired) electrons. The Kier molecular flexibility index (Phi) is 5.83. The van der Waals surface area contributed by atoms with Gasteiger partial charge in [-0.05, 0) is 29.9 Å². The number of hydrogen-bond acceptors (Lipinski definition) is 4. The summed E-state index contributed by atoms with van der Waals surface area (Å²) in [6, 6.07) is 7.18. The third kappa shape index (κ3) is 3.96. The molecular weight excluding hydrogens is 242 g/mol. The van der Waals surface area contributed by atoms with Crippen LogP contribution in [0.25, 0.3) is 0 Å². The van der Waals surface area contributed by atoms with Gasteiger partial charge >= 0.3 is 5.97 Å². The van der Waals surface area contributed by atoms with Crippen molar-refractivity contribution in [2.24, 2.45) is 17.6 Å². The Hall–Kier alpha value is -1.55. The van der Waals surface area contributed by atoms with E-state index in [2.05, 4.69) is 13.8 Å². The van der Waals surface area contributed by atoms with Crippen molar-refractivity contribution in [3.63, 3.8) is 0 Å². The van der Waals surface area contributed by atoms with Gasteiger partial charge in [0.25, 0.3) is 0 Å². The minimum Gasteiger partial charge on any atom is -0.496 e.